The molecule has 20 aromatic rings. The smallest absolute Gasteiger partial charge is 0.345 e. The molecule has 0 unspecified atom stereocenters. The van der Waals surface area contributed by atoms with E-state index >= 15 is 0 Å². The zero-order valence-electron chi connectivity index (χ0n) is 80.6. The van der Waals surface area contributed by atoms with Gasteiger partial charge in [-0.2, -0.15) is 0 Å². The van der Waals surface area contributed by atoms with Gasteiger partial charge < -0.3 is 41.0 Å². The van der Waals surface area contributed by atoms with Gasteiger partial charge in [-0.25, -0.2) is 4.79 Å². The van der Waals surface area contributed by atoms with E-state index < -0.39 is 0 Å². The molecule has 17 heteroatoms. The largest absolute Gasteiger partial charge is 0.495 e. The van der Waals surface area contributed by atoms with Crippen LogP contribution in [0.1, 0.15) is 117 Å². The van der Waals surface area contributed by atoms with Gasteiger partial charge in [0.15, 0.2) is 11.4 Å². The van der Waals surface area contributed by atoms with Crippen molar-refractivity contribution in [2.75, 3.05) is 38.7 Å². The Hall–Kier alpha value is -16.8. The maximum atomic E-state index is 13.0. The number of carbonyl (C=O) groups is 1. The number of rotatable bonds is 7. The molecule has 139 heavy (non-hydrogen) atoms. The van der Waals surface area contributed by atoms with E-state index in [1.807, 2.05) is 177 Å². The van der Waals surface area contributed by atoms with Crippen molar-refractivity contribution >= 4 is 171 Å². The van der Waals surface area contributed by atoms with E-state index in [-0.39, 0.29) is 5.97 Å². The predicted molar refractivity (Wildman–Crippen MR) is 564 cm³/mol. The molecule has 5 aliphatic rings. The summed E-state index contributed by atoms with van der Waals surface area (Å²) in [6, 6.07) is 104. The summed E-state index contributed by atoms with van der Waals surface area (Å²) in [5, 5.41) is 14.3. The van der Waals surface area contributed by atoms with Crippen molar-refractivity contribution in [3.8, 4) is 23.0 Å². The first-order valence-electron chi connectivity index (χ1n) is 47.1. The van der Waals surface area contributed by atoms with Crippen molar-refractivity contribution < 1.29 is 45.8 Å². The summed E-state index contributed by atoms with van der Waals surface area (Å²) in [6.07, 6.45) is 7.58. The molecule has 0 aliphatic carbocycles. The maximum absolute atomic E-state index is 13.0. The van der Waals surface area contributed by atoms with Gasteiger partial charge in [-0.05, 0) is 300 Å². The fraction of sp³-hybridized carbons (Fsp3) is 0.156. The third-order valence-corrected chi connectivity index (χ3v) is 26.4. The molecule has 0 fully saturated rings. The van der Waals surface area contributed by atoms with Crippen molar-refractivity contribution in [3.63, 3.8) is 0 Å². The van der Waals surface area contributed by atoms with E-state index in [0.29, 0.717) is 35.3 Å². The Morgan fingerprint density at radius 3 is 1.26 bits per heavy atom. The molecule has 10 heterocycles. The van der Waals surface area contributed by atoms with Crippen LogP contribution in [0.15, 0.2) is 336 Å². The summed E-state index contributed by atoms with van der Waals surface area (Å²) in [7, 11) is 3.37. The quantitative estimate of drug-likeness (QED) is 0.139. The second-order valence-electron chi connectivity index (χ2n) is 36.7. The van der Waals surface area contributed by atoms with Gasteiger partial charge in [0.05, 0.1) is 92.8 Å². The lowest BCUT2D eigenvalue weighted by Crippen LogP contribution is -2.16. The fourth-order valence-corrected chi connectivity index (χ4v) is 19.5. The van der Waals surface area contributed by atoms with Gasteiger partial charge >= 0.3 is 5.97 Å². The molecule has 0 radical (unpaired) electrons. The number of carbonyl (C=O) groups excluding carboxylic acids is 1. The summed E-state index contributed by atoms with van der Waals surface area (Å²) in [4.78, 5) is 23.7. The Bertz CT molecular complexity index is 8120. The number of nitrogens with zero attached hydrogens (tertiary/aromatic N) is 7. The van der Waals surface area contributed by atoms with Crippen LogP contribution < -0.4 is 43.4 Å². The number of fused-ring (bicyclic) bond motifs is 20. The first kappa shape index (κ1) is 88.8. The number of azo groups is 1. The zero-order valence-corrected chi connectivity index (χ0v) is 80.6. The van der Waals surface area contributed by atoms with Gasteiger partial charge in [-0.3, -0.25) is 24.5 Å². The number of para-hydroxylation sites is 7. The lowest BCUT2D eigenvalue weighted by Gasteiger charge is -2.29. The number of ether oxygens (including phenoxy) is 4. The summed E-state index contributed by atoms with van der Waals surface area (Å²) >= 11 is 0. The van der Waals surface area contributed by atoms with Gasteiger partial charge in [0.1, 0.15) is 51.7 Å². The second-order valence-corrected chi connectivity index (χ2v) is 36.7. The minimum atomic E-state index is -0.375. The Balaban J connectivity index is 0.000000103. The number of furan rings is 5. The van der Waals surface area contributed by atoms with E-state index in [9.17, 15) is 4.79 Å². The molecule has 5 aromatic heterocycles. The average Bonchev–Trinajstić information content (AvgIpc) is 1.57. The minimum Gasteiger partial charge on any atom is -0.495 e. The Morgan fingerprint density at radius 2 is 0.683 bits per heavy atom. The van der Waals surface area contributed by atoms with Crippen LogP contribution in [-0.2, 0) is 19.4 Å². The Labute approximate surface area is 808 Å². The normalized spacial score (nSPS) is 13.0. The highest BCUT2D eigenvalue weighted by Crippen LogP contribution is 2.58. The van der Waals surface area contributed by atoms with Crippen molar-refractivity contribution in [2.45, 2.75) is 116 Å². The highest BCUT2D eigenvalue weighted by Gasteiger charge is 2.38. The van der Waals surface area contributed by atoms with Crippen molar-refractivity contribution in [1.29, 1.82) is 0 Å². The molecule has 0 saturated heterocycles. The van der Waals surface area contributed by atoms with Gasteiger partial charge in [-0.1, -0.05) is 208 Å². The predicted octanol–water partition coefficient (Wildman–Crippen LogP) is 34.7. The van der Waals surface area contributed by atoms with Crippen molar-refractivity contribution in [2.24, 2.45) is 10.2 Å². The monoisotopic (exact) mass is 1830 g/mol. The second kappa shape index (κ2) is 36.8. The van der Waals surface area contributed by atoms with Gasteiger partial charge in [-0.15, -0.1) is 10.2 Å². The molecule has 0 bridgehead atoms. The molecule has 15 aromatic carbocycles. The van der Waals surface area contributed by atoms with Gasteiger partial charge in [0, 0.05) is 27.5 Å². The first-order chi connectivity index (χ1) is 67.6. The van der Waals surface area contributed by atoms with Gasteiger partial charge in [0.25, 0.3) is 0 Å². The van der Waals surface area contributed by atoms with Crippen molar-refractivity contribution in [1.82, 2.24) is 0 Å². The standard InChI is InChI=1S/C26H25NO.C25H21NO2.C24H19NO3.C24H21NO2.C23H19N3O2/c1-17-11-13-24-20(15-17)8-6-9-21-22-16-18(2)12-14-25(22)28-26(21)27(24)23-10-5-4-7-19(23)3;1-16-8-12-21-18(14-16)10-11-19-20-15-17(2)9-13-23(20)28-25(19)26(21)22-6-4-5-7-24(22)27-3;1-14-8-10-20-17(12-14)24(26)28-22-18-13-15(2)9-11-21(18)27-23(22)25(20)19-7-5-4-6-16(19)3;1-15-8-10-21-18(12-15)14-26-23-19-13-16(2)9-11-22(19)27-24(23)25(21)20-7-5-4-6-17(20)3;1-14-9-11-20-16(12-14)22-23(28-20)26(19-6-4-5-7-21(19)27-3)18-10-8-15(2)13-17(18)24-25-22/h4-5,7,10-16H,6,8-9H2,1-3H3;4-15H,1-3H3;4-13H,1-3H3;4-13H,14H2,1-3H3;4-13H,1-3H3. The molecule has 17 nitrogen and oxygen atoms in total. The molecular weight excluding hydrogens is 1720 g/mol. The van der Waals surface area contributed by atoms with Gasteiger partial charge in [0.2, 0.25) is 35.2 Å². The number of hydrogen-bond acceptors (Lipinski definition) is 17. The molecular formula is C122H105N7O10. The Kier molecular flexibility index (Phi) is 23.5. The fourth-order valence-electron chi connectivity index (χ4n) is 19.5. The summed E-state index contributed by atoms with van der Waals surface area (Å²) < 4.78 is 55.3. The number of aryl methyl sites for hydroxylation is 15. The number of benzene rings is 15. The van der Waals surface area contributed by atoms with E-state index in [4.69, 9.17) is 41.0 Å². The third-order valence-electron chi connectivity index (χ3n) is 26.4. The molecule has 0 saturated carbocycles. The molecule has 0 spiro atoms. The lowest BCUT2D eigenvalue weighted by molar-refractivity contribution is 0.0739. The molecule has 25 rings (SSSR count). The maximum Gasteiger partial charge on any atom is 0.345 e. The molecule has 5 aliphatic heterocycles. The molecule has 0 amide bonds. The van der Waals surface area contributed by atoms with Crippen LogP contribution in [0.5, 0.6) is 23.0 Å². The molecule has 0 atom stereocenters. The number of methoxy groups -OCH3 is 2. The van der Waals surface area contributed by atoms with E-state index in [0.717, 1.165) is 199 Å². The van der Waals surface area contributed by atoms with E-state index in [2.05, 4.69) is 263 Å². The van der Waals surface area contributed by atoms with Crippen LogP contribution in [-0.4, -0.2) is 20.2 Å². The average molecular weight is 1830 g/mol. The lowest BCUT2D eigenvalue weighted by atomic mass is 9.96. The molecule has 0 N–H and O–H groups in total. The number of anilines is 15. The summed E-state index contributed by atoms with van der Waals surface area (Å²) in [5.41, 5.74) is 37.7. The molecule has 688 valence electrons. The van der Waals surface area contributed by atoms with E-state index in [1.165, 1.54) is 72.4 Å². The van der Waals surface area contributed by atoms with Crippen LogP contribution in [0.4, 0.5) is 97.7 Å². The summed E-state index contributed by atoms with van der Waals surface area (Å²) in [5.74, 6) is 6.13. The van der Waals surface area contributed by atoms with Crippen LogP contribution in [0, 0.1) is 90.0 Å². The highest BCUT2D eigenvalue weighted by molar-refractivity contribution is 6.08. The minimum absolute atomic E-state index is 0.375. The number of hydrogen-bond donors (Lipinski definition) is 0. The van der Waals surface area contributed by atoms with Crippen LogP contribution in [0.3, 0.4) is 0 Å². The number of esters is 1. The first-order valence-corrected chi connectivity index (χ1v) is 47.1. The highest BCUT2D eigenvalue weighted by atomic mass is 16.5. The topological polar surface area (TPSA) is 161 Å². The SMILES string of the molecule is COc1ccccc1N1c2ccc(C)cc2C=Cc2c1oc1ccc(C)cc21.COc1ccccc1N1c2ccc(C)cc2N=Nc2c1oc1ccc(C)cc21.Cc1ccc2c(c1)C(=O)Oc1c(oc3ccc(C)cc13)N2c1ccccc1C.Cc1ccc2c(c1)CCCc1c(oc3ccc(C)cc13)N2c1ccccc1C.Cc1ccc2c(c1)COc1c(oc3ccc(C)cc13)N2c1ccccc1C. The van der Waals surface area contributed by atoms with Crippen LogP contribution in [0.25, 0.3) is 67.0 Å². The van der Waals surface area contributed by atoms with Crippen LogP contribution >= 0.6 is 0 Å². The van der Waals surface area contributed by atoms with Crippen LogP contribution in [0.2, 0.25) is 0 Å². The summed E-state index contributed by atoms with van der Waals surface area (Å²) in [6.45, 7) is 27.7. The van der Waals surface area contributed by atoms with E-state index in [1.54, 1.807) is 14.2 Å². The van der Waals surface area contributed by atoms with Crippen molar-refractivity contribution in [3.05, 3.63) is 409 Å². The third kappa shape index (κ3) is 16.7. The Morgan fingerprint density at radius 1 is 0.295 bits per heavy atom. The zero-order chi connectivity index (χ0) is 95.7.